The van der Waals surface area contributed by atoms with Gasteiger partial charge >= 0.3 is 0 Å². The number of nitrogens with zero attached hydrogens (tertiary/aromatic N) is 5. The number of imidazole rings is 1. The Hall–Kier alpha value is -3.13. The summed E-state index contributed by atoms with van der Waals surface area (Å²) in [6.07, 6.45) is 3.44. The van der Waals surface area contributed by atoms with Gasteiger partial charge in [-0.1, -0.05) is 30.7 Å². The molecule has 144 valence electrons. The van der Waals surface area contributed by atoms with Gasteiger partial charge < -0.3 is 15.6 Å². The number of H-pyrrole nitrogens is 1. The highest BCUT2D eigenvalue weighted by molar-refractivity contribution is 6.30. The number of fused-ring (bicyclic) bond motifs is 1. The minimum absolute atomic E-state index is 0.353. The first-order valence-corrected chi connectivity index (χ1v) is 9.55. The Morgan fingerprint density at radius 3 is 2.86 bits per heavy atom. The Balaban J connectivity index is 1.62. The number of hydrogen-bond acceptors (Lipinski definition) is 6. The molecule has 0 radical (unpaired) electrons. The quantitative estimate of drug-likeness (QED) is 0.441. The lowest BCUT2D eigenvalue weighted by molar-refractivity contribution is 0.696. The standard InChI is InChI=1S/C19H21ClN8/c1-2-10-28-17(14-7-9-23-27-14)24-15-16(21)25-19(26-18(15)28)22-8-6-12-4-3-5-13(20)11-12/h3-5,7,9,11H,2,6,8,10H2,1H3,(H,23,27)(H3,21,22,25,26). The van der Waals surface area contributed by atoms with Gasteiger partial charge in [0.15, 0.2) is 22.8 Å². The van der Waals surface area contributed by atoms with Crippen molar-refractivity contribution in [2.24, 2.45) is 0 Å². The summed E-state index contributed by atoms with van der Waals surface area (Å²) in [7, 11) is 0. The third-order valence-electron chi connectivity index (χ3n) is 4.40. The molecule has 28 heavy (non-hydrogen) atoms. The van der Waals surface area contributed by atoms with Gasteiger partial charge in [-0.25, -0.2) is 4.98 Å². The number of anilines is 2. The second-order valence-corrected chi connectivity index (χ2v) is 6.91. The van der Waals surface area contributed by atoms with Crippen LogP contribution in [0.3, 0.4) is 0 Å². The summed E-state index contributed by atoms with van der Waals surface area (Å²) in [6, 6.07) is 9.68. The molecule has 0 saturated carbocycles. The van der Waals surface area contributed by atoms with Crippen LogP contribution in [-0.4, -0.2) is 36.3 Å². The minimum Gasteiger partial charge on any atom is -0.382 e. The van der Waals surface area contributed by atoms with E-state index in [-0.39, 0.29) is 0 Å². The molecule has 0 atom stereocenters. The molecular weight excluding hydrogens is 376 g/mol. The van der Waals surface area contributed by atoms with Crippen LogP contribution in [0.2, 0.25) is 5.02 Å². The Labute approximate surface area is 167 Å². The molecule has 0 aliphatic heterocycles. The van der Waals surface area contributed by atoms with E-state index in [0.29, 0.717) is 29.5 Å². The van der Waals surface area contributed by atoms with Crippen LogP contribution >= 0.6 is 11.6 Å². The zero-order chi connectivity index (χ0) is 19.5. The van der Waals surface area contributed by atoms with Crippen molar-refractivity contribution in [2.45, 2.75) is 26.3 Å². The van der Waals surface area contributed by atoms with Crippen molar-refractivity contribution in [2.75, 3.05) is 17.6 Å². The maximum Gasteiger partial charge on any atom is 0.226 e. The number of aromatic amines is 1. The summed E-state index contributed by atoms with van der Waals surface area (Å²) >= 11 is 6.04. The van der Waals surface area contributed by atoms with Crippen molar-refractivity contribution >= 4 is 34.5 Å². The van der Waals surface area contributed by atoms with Gasteiger partial charge in [-0.2, -0.15) is 15.1 Å². The smallest absolute Gasteiger partial charge is 0.226 e. The zero-order valence-electron chi connectivity index (χ0n) is 15.5. The van der Waals surface area contributed by atoms with E-state index in [9.17, 15) is 0 Å². The van der Waals surface area contributed by atoms with E-state index in [1.807, 2.05) is 34.9 Å². The summed E-state index contributed by atoms with van der Waals surface area (Å²) in [6.45, 7) is 3.54. The number of aromatic nitrogens is 6. The molecule has 0 fully saturated rings. The van der Waals surface area contributed by atoms with Crippen LogP contribution in [0.25, 0.3) is 22.7 Å². The molecule has 3 aromatic heterocycles. The van der Waals surface area contributed by atoms with Crippen LogP contribution in [0.1, 0.15) is 18.9 Å². The molecule has 0 unspecified atom stereocenters. The van der Waals surface area contributed by atoms with Gasteiger partial charge in [-0.3, -0.25) is 5.10 Å². The molecule has 9 heteroatoms. The molecule has 0 aliphatic carbocycles. The van der Waals surface area contributed by atoms with E-state index < -0.39 is 0 Å². The lowest BCUT2D eigenvalue weighted by atomic mass is 10.1. The summed E-state index contributed by atoms with van der Waals surface area (Å²) < 4.78 is 2.04. The molecule has 4 rings (SSSR count). The first-order valence-electron chi connectivity index (χ1n) is 9.17. The number of hydrogen-bond donors (Lipinski definition) is 3. The van der Waals surface area contributed by atoms with Crippen LogP contribution in [0.5, 0.6) is 0 Å². The molecule has 4 N–H and O–H groups in total. The van der Waals surface area contributed by atoms with Crippen molar-refractivity contribution in [1.29, 1.82) is 0 Å². The van der Waals surface area contributed by atoms with E-state index in [4.69, 9.17) is 17.3 Å². The molecule has 0 aliphatic rings. The molecule has 3 heterocycles. The normalized spacial score (nSPS) is 11.2. The third-order valence-corrected chi connectivity index (χ3v) is 4.63. The predicted molar refractivity (Wildman–Crippen MR) is 111 cm³/mol. The maximum absolute atomic E-state index is 6.18. The molecule has 0 spiro atoms. The Morgan fingerprint density at radius 2 is 2.11 bits per heavy atom. The van der Waals surface area contributed by atoms with Gasteiger partial charge in [0.2, 0.25) is 5.95 Å². The lowest BCUT2D eigenvalue weighted by Gasteiger charge is -2.08. The van der Waals surface area contributed by atoms with Gasteiger partial charge in [0.05, 0.1) is 0 Å². The summed E-state index contributed by atoms with van der Waals surface area (Å²) in [5.41, 5.74) is 9.45. The monoisotopic (exact) mass is 396 g/mol. The average molecular weight is 397 g/mol. The van der Waals surface area contributed by atoms with E-state index in [1.54, 1.807) is 6.20 Å². The van der Waals surface area contributed by atoms with Crippen molar-refractivity contribution in [3.05, 3.63) is 47.1 Å². The van der Waals surface area contributed by atoms with Gasteiger partial charge in [0, 0.05) is 24.3 Å². The second-order valence-electron chi connectivity index (χ2n) is 6.47. The van der Waals surface area contributed by atoms with Crippen molar-refractivity contribution in [3.63, 3.8) is 0 Å². The van der Waals surface area contributed by atoms with E-state index in [2.05, 4.69) is 37.4 Å². The number of benzene rings is 1. The number of nitrogens with two attached hydrogens (primary N) is 1. The second kappa shape index (κ2) is 7.85. The fourth-order valence-corrected chi connectivity index (χ4v) is 3.35. The van der Waals surface area contributed by atoms with E-state index >= 15 is 0 Å². The molecule has 4 aromatic rings. The highest BCUT2D eigenvalue weighted by atomic mass is 35.5. The van der Waals surface area contributed by atoms with Gasteiger partial charge in [-0.05, 0) is 36.6 Å². The highest BCUT2D eigenvalue weighted by Gasteiger charge is 2.18. The SMILES string of the molecule is CCCn1c(-c2ccn[nH]2)nc2c(N)nc(NCCc3cccc(Cl)c3)nc21. The molecule has 8 nitrogen and oxygen atoms in total. The van der Waals surface area contributed by atoms with Gasteiger partial charge in [-0.15, -0.1) is 0 Å². The molecule has 0 saturated heterocycles. The molecule has 1 aromatic carbocycles. The number of nitrogen functional groups attached to an aromatic ring is 1. The third kappa shape index (κ3) is 3.63. The predicted octanol–water partition coefficient (Wildman–Crippen LogP) is 3.52. The molecule has 0 bridgehead atoms. The topological polar surface area (TPSA) is 110 Å². The summed E-state index contributed by atoms with van der Waals surface area (Å²) in [5, 5.41) is 11.0. The number of nitrogens with one attached hydrogen (secondary N) is 2. The fourth-order valence-electron chi connectivity index (χ4n) is 3.13. The largest absolute Gasteiger partial charge is 0.382 e. The fraction of sp³-hybridized carbons (Fsp3) is 0.263. The maximum atomic E-state index is 6.18. The van der Waals surface area contributed by atoms with Crippen LogP contribution in [0.15, 0.2) is 36.5 Å². The van der Waals surface area contributed by atoms with E-state index in [1.165, 1.54) is 0 Å². The number of rotatable bonds is 7. The first-order chi connectivity index (χ1) is 13.7. The van der Waals surface area contributed by atoms with E-state index in [0.717, 1.165) is 41.5 Å². The summed E-state index contributed by atoms with van der Waals surface area (Å²) in [5.74, 6) is 1.60. The van der Waals surface area contributed by atoms with Gasteiger partial charge in [0.1, 0.15) is 5.69 Å². The van der Waals surface area contributed by atoms with Crippen LogP contribution in [0.4, 0.5) is 11.8 Å². The zero-order valence-corrected chi connectivity index (χ0v) is 16.2. The minimum atomic E-state index is 0.353. The number of halogens is 1. The number of aryl methyl sites for hydroxylation is 1. The van der Waals surface area contributed by atoms with Crippen LogP contribution in [-0.2, 0) is 13.0 Å². The Bertz CT molecular complexity index is 1090. The van der Waals surface area contributed by atoms with Crippen LogP contribution in [0, 0.1) is 0 Å². The van der Waals surface area contributed by atoms with Crippen LogP contribution < -0.4 is 11.1 Å². The highest BCUT2D eigenvalue weighted by Crippen LogP contribution is 2.26. The molecule has 0 amide bonds. The van der Waals surface area contributed by atoms with Gasteiger partial charge in [0.25, 0.3) is 0 Å². The Kier molecular flexibility index (Phi) is 5.12. The van der Waals surface area contributed by atoms with Crippen molar-refractivity contribution in [3.8, 4) is 11.5 Å². The lowest BCUT2D eigenvalue weighted by Crippen LogP contribution is -2.10. The molecular formula is C19H21ClN8. The Morgan fingerprint density at radius 1 is 1.21 bits per heavy atom. The first kappa shape index (κ1) is 18.2. The van der Waals surface area contributed by atoms with Crippen molar-refractivity contribution in [1.82, 2.24) is 29.7 Å². The summed E-state index contributed by atoms with van der Waals surface area (Å²) in [4.78, 5) is 13.7. The average Bonchev–Trinajstić information content (AvgIpc) is 3.31. The van der Waals surface area contributed by atoms with Crippen molar-refractivity contribution < 1.29 is 0 Å².